The topological polar surface area (TPSA) is 52.6 Å². The van der Waals surface area contributed by atoms with Crippen molar-refractivity contribution in [2.75, 3.05) is 23.1 Å². The summed E-state index contributed by atoms with van der Waals surface area (Å²) in [7, 11) is 0. The van der Waals surface area contributed by atoms with Crippen LogP contribution in [0.5, 0.6) is 0 Å². The Kier molecular flexibility index (Phi) is 3.28. The number of carbonyl (C=O) groups excluding carboxylic acids is 1. The average molecular weight is 264 g/mol. The van der Waals surface area contributed by atoms with Crippen molar-refractivity contribution < 1.29 is 9.90 Å². The molecule has 1 amide bonds. The molecule has 1 fully saturated rings. The first kappa shape index (κ1) is 12.0. The zero-order chi connectivity index (χ0) is 12.5. The highest BCUT2D eigenvalue weighted by atomic mass is 32.2. The molecule has 18 heavy (non-hydrogen) atoms. The van der Waals surface area contributed by atoms with Gasteiger partial charge in [0, 0.05) is 29.4 Å². The molecule has 2 aliphatic rings. The SMILES string of the molecule is O=C(C1CSCN1)N1CCC(O)c2ccccc21. The number of rotatable bonds is 1. The van der Waals surface area contributed by atoms with E-state index in [0.29, 0.717) is 13.0 Å². The minimum absolute atomic E-state index is 0.0849. The number of benzene rings is 1. The first-order valence-corrected chi connectivity index (χ1v) is 7.32. The molecule has 0 spiro atoms. The van der Waals surface area contributed by atoms with Gasteiger partial charge in [-0.3, -0.25) is 10.1 Å². The third kappa shape index (κ3) is 2.02. The number of anilines is 1. The van der Waals surface area contributed by atoms with Crippen LogP contribution in [0, 0.1) is 0 Å². The number of aliphatic hydroxyl groups is 1. The molecular formula is C13H16N2O2S. The fraction of sp³-hybridized carbons (Fsp3) is 0.462. The van der Waals surface area contributed by atoms with Gasteiger partial charge >= 0.3 is 0 Å². The monoisotopic (exact) mass is 264 g/mol. The molecule has 2 unspecified atom stereocenters. The van der Waals surface area contributed by atoms with Crippen molar-refractivity contribution in [3.8, 4) is 0 Å². The Hall–Kier alpha value is -1.04. The molecule has 2 heterocycles. The summed E-state index contributed by atoms with van der Waals surface area (Å²) in [6, 6.07) is 7.54. The quantitative estimate of drug-likeness (QED) is 0.798. The summed E-state index contributed by atoms with van der Waals surface area (Å²) < 4.78 is 0. The van der Waals surface area contributed by atoms with Crippen molar-refractivity contribution >= 4 is 23.4 Å². The van der Waals surface area contributed by atoms with Crippen LogP contribution in [0.1, 0.15) is 18.1 Å². The summed E-state index contributed by atoms with van der Waals surface area (Å²) in [6.45, 7) is 0.597. The highest BCUT2D eigenvalue weighted by Crippen LogP contribution is 2.34. The van der Waals surface area contributed by atoms with Crippen molar-refractivity contribution in [2.45, 2.75) is 18.6 Å². The third-order valence-corrected chi connectivity index (χ3v) is 4.43. The van der Waals surface area contributed by atoms with Crippen LogP contribution >= 0.6 is 11.8 Å². The number of hydrogen-bond acceptors (Lipinski definition) is 4. The van der Waals surface area contributed by atoms with Gasteiger partial charge in [0.1, 0.15) is 0 Å². The highest BCUT2D eigenvalue weighted by Gasteiger charge is 2.32. The maximum atomic E-state index is 12.4. The zero-order valence-electron chi connectivity index (χ0n) is 10.0. The van der Waals surface area contributed by atoms with Crippen LogP contribution in [0.2, 0.25) is 0 Å². The molecule has 0 aromatic heterocycles. The van der Waals surface area contributed by atoms with Crippen LogP contribution < -0.4 is 10.2 Å². The van der Waals surface area contributed by atoms with Gasteiger partial charge in [0.25, 0.3) is 0 Å². The molecule has 2 atom stereocenters. The number of aliphatic hydroxyl groups excluding tert-OH is 1. The van der Waals surface area contributed by atoms with Crippen LogP contribution in [-0.2, 0) is 4.79 Å². The summed E-state index contributed by atoms with van der Waals surface area (Å²) in [4.78, 5) is 14.2. The average Bonchev–Trinajstić information content (AvgIpc) is 2.93. The molecule has 0 bridgehead atoms. The van der Waals surface area contributed by atoms with Crippen LogP contribution in [0.15, 0.2) is 24.3 Å². The Morgan fingerprint density at radius 3 is 3.06 bits per heavy atom. The van der Waals surface area contributed by atoms with E-state index in [9.17, 15) is 9.90 Å². The Morgan fingerprint density at radius 1 is 1.44 bits per heavy atom. The van der Waals surface area contributed by atoms with Crippen LogP contribution in [0.25, 0.3) is 0 Å². The predicted molar refractivity (Wildman–Crippen MR) is 72.6 cm³/mol. The molecule has 0 aliphatic carbocycles. The lowest BCUT2D eigenvalue weighted by Crippen LogP contribution is -2.47. The number of nitrogens with zero attached hydrogens (tertiary/aromatic N) is 1. The largest absolute Gasteiger partial charge is 0.388 e. The number of thioether (sulfide) groups is 1. The molecular weight excluding hydrogens is 248 g/mol. The van der Waals surface area contributed by atoms with Gasteiger partial charge in [-0.15, -0.1) is 11.8 Å². The van der Waals surface area contributed by atoms with Gasteiger partial charge in [0.05, 0.1) is 12.1 Å². The second kappa shape index (κ2) is 4.91. The second-order valence-corrected chi connectivity index (χ2v) is 5.66. The lowest BCUT2D eigenvalue weighted by molar-refractivity contribution is -0.120. The smallest absolute Gasteiger partial charge is 0.245 e. The van der Waals surface area contributed by atoms with Crippen molar-refractivity contribution in [3.63, 3.8) is 0 Å². The molecule has 96 valence electrons. The molecule has 2 aliphatic heterocycles. The van der Waals surface area contributed by atoms with Crippen molar-refractivity contribution in [1.82, 2.24) is 5.32 Å². The number of hydrogen-bond donors (Lipinski definition) is 2. The second-order valence-electron chi connectivity index (χ2n) is 4.63. The first-order valence-electron chi connectivity index (χ1n) is 6.17. The van der Waals surface area contributed by atoms with E-state index in [4.69, 9.17) is 0 Å². The van der Waals surface area contributed by atoms with Crippen LogP contribution in [0.3, 0.4) is 0 Å². The summed E-state index contributed by atoms with van der Waals surface area (Å²) in [5.74, 6) is 1.80. The molecule has 1 aromatic carbocycles. The Labute approximate surface area is 110 Å². The van der Waals surface area contributed by atoms with Gasteiger partial charge in [-0.1, -0.05) is 18.2 Å². The molecule has 2 N–H and O–H groups in total. The van der Waals surface area contributed by atoms with E-state index in [1.165, 1.54) is 0 Å². The van der Waals surface area contributed by atoms with E-state index in [1.807, 2.05) is 29.2 Å². The summed E-state index contributed by atoms with van der Waals surface area (Å²) in [5, 5.41) is 13.2. The Morgan fingerprint density at radius 2 is 2.28 bits per heavy atom. The fourth-order valence-electron chi connectivity index (χ4n) is 2.51. The van der Waals surface area contributed by atoms with Crippen LogP contribution in [-0.4, -0.2) is 35.2 Å². The van der Waals surface area contributed by atoms with Gasteiger partial charge < -0.3 is 10.0 Å². The number of fused-ring (bicyclic) bond motifs is 1. The predicted octanol–water partition coefficient (Wildman–Crippen LogP) is 1.12. The van der Waals surface area contributed by atoms with Crippen molar-refractivity contribution in [2.24, 2.45) is 0 Å². The van der Waals surface area contributed by atoms with E-state index < -0.39 is 6.10 Å². The van der Waals surface area contributed by atoms with E-state index >= 15 is 0 Å². The summed E-state index contributed by atoms with van der Waals surface area (Å²) in [5.41, 5.74) is 1.72. The van der Waals surface area contributed by atoms with E-state index in [-0.39, 0.29) is 11.9 Å². The molecule has 0 saturated carbocycles. The first-order chi connectivity index (χ1) is 8.77. The molecule has 1 aromatic rings. The number of carbonyl (C=O) groups is 1. The highest BCUT2D eigenvalue weighted by molar-refractivity contribution is 7.99. The van der Waals surface area contributed by atoms with Gasteiger partial charge in [-0.25, -0.2) is 0 Å². The number of para-hydroxylation sites is 1. The Balaban J connectivity index is 1.89. The van der Waals surface area contributed by atoms with Gasteiger partial charge in [-0.2, -0.15) is 0 Å². The Bertz CT molecular complexity index is 460. The van der Waals surface area contributed by atoms with E-state index in [2.05, 4.69) is 5.32 Å². The molecule has 0 radical (unpaired) electrons. The normalized spacial score (nSPS) is 27.1. The summed E-state index contributed by atoms with van der Waals surface area (Å²) >= 11 is 1.75. The van der Waals surface area contributed by atoms with Gasteiger partial charge in [0.2, 0.25) is 5.91 Å². The lowest BCUT2D eigenvalue weighted by Gasteiger charge is -2.33. The van der Waals surface area contributed by atoms with Crippen molar-refractivity contribution in [1.29, 1.82) is 0 Å². The fourth-order valence-corrected chi connectivity index (χ4v) is 3.45. The molecule has 3 rings (SSSR count). The minimum atomic E-state index is -0.448. The zero-order valence-corrected chi connectivity index (χ0v) is 10.8. The van der Waals surface area contributed by atoms with Gasteiger partial charge in [-0.05, 0) is 12.5 Å². The van der Waals surface area contributed by atoms with Crippen LogP contribution in [0.4, 0.5) is 5.69 Å². The summed E-state index contributed by atoms with van der Waals surface area (Å²) in [6.07, 6.45) is 0.166. The maximum Gasteiger partial charge on any atom is 0.245 e. The maximum absolute atomic E-state index is 12.4. The van der Waals surface area contributed by atoms with E-state index in [0.717, 1.165) is 22.9 Å². The lowest BCUT2D eigenvalue weighted by atomic mass is 9.98. The van der Waals surface area contributed by atoms with E-state index in [1.54, 1.807) is 11.8 Å². The van der Waals surface area contributed by atoms with Crippen molar-refractivity contribution in [3.05, 3.63) is 29.8 Å². The van der Waals surface area contributed by atoms with Gasteiger partial charge in [0.15, 0.2) is 0 Å². The molecule has 1 saturated heterocycles. The standard InChI is InChI=1S/C13H16N2O2S/c16-12-5-6-15(11-4-2-1-3-9(11)12)13(17)10-7-18-8-14-10/h1-4,10,12,14,16H,5-8H2. The number of nitrogens with one attached hydrogen (secondary N) is 1. The molecule has 5 heteroatoms. The number of amides is 1. The molecule has 4 nitrogen and oxygen atoms in total. The minimum Gasteiger partial charge on any atom is -0.388 e. The third-order valence-electron chi connectivity index (χ3n) is 3.49.